The van der Waals surface area contributed by atoms with Gasteiger partial charge in [-0.25, -0.2) is 0 Å². The van der Waals surface area contributed by atoms with Crippen LogP contribution >= 0.6 is 0 Å². The maximum atomic E-state index is 2.47. The summed E-state index contributed by atoms with van der Waals surface area (Å²) in [6.45, 7) is 0. The van der Waals surface area contributed by atoms with Crippen molar-refractivity contribution in [3.05, 3.63) is 211 Å². The fraction of sp³-hybridized carbons (Fsp3) is 0.0196. The zero-order chi connectivity index (χ0) is 34.9. The van der Waals surface area contributed by atoms with Crippen LogP contribution in [-0.2, 0) is 0 Å². The standard InChI is InChI=1S/C51H34N2/c1-2-13-40(14-3-1)53-50(33-51(53)36-25-28-41(29-26-36)52-48-19-8-6-15-45(48)46-16-7-9-20-49(46)52)35-23-21-34(22-24-35)42-17-10-18-43-44(42)30-27-39-31-37-11-4-5-12-38(37)32-47(39)43/h1-33,51H. The van der Waals surface area contributed by atoms with Gasteiger partial charge in [-0.3, -0.25) is 0 Å². The first-order valence-corrected chi connectivity index (χ1v) is 18.4. The van der Waals surface area contributed by atoms with Crippen LogP contribution in [-0.4, -0.2) is 4.57 Å². The Morgan fingerprint density at radius 1 is 0.358 bits per heavy atom. The molecule has 0 amide bonds. The Kier molecular flexibility index (Phi) is 6.65. The molecule has 0 aliphatic carbocycles. The lowest BCUT2D eigenvalue weighted by molar-refractivity contribution is 0.798. The Labute approximate surface area is 308 Å². The van der Waals surface area contributed by atoms with E-state index in [0.717, 1.165) is 0 Å². The van der Waals surface area contributed by atoms with Gasteiger partial charge in [-0.2, -0.15) is 0 Å². The fourth-order valence-corrected chi connectivity index (χ4v) is 8.62. The monoisotopic (exact) mass is 674 g/mol. The molecule has 1 atom stereocenters. The van der Waals surface area contributed by atoms with Crippen molar-refractivity contribution < 1.29 is 0 Å². The highest BCUT2D eigenvalue weighted by molar-refractivity contribution is 6.15. The van der Waals surface area contributed by atoms with Gasteiger partial charge in [0.05, 0.1) is 17.1 Å². The maximum Gasteiger partial charge on any atom is 0.0798 e. The average molecular weight is 675 g/mol. The molecule has 10 aromatic rings. The zero-order valence-corrected chi connectivity index (χ0v) is 29.0. The summed E-state index contributed by atoms with van der Waals surface area (Å²) in [5.74, 6) is 0. The van der Waals surface area contributed by atoms with Crippen LogP contribution in [0, 0.1) is 0 Å². The molecule has 0 saturated heterocycles. The molecule has 2 heteroatoms. The molecule has 0 bridgehead atoms. The Hall–Kier alpha value is -6.90. The first-order chi connectivity index (χ1) is 26.3. The van der Waals surface area contributed by atoms with Crippen LogP contribution < -0.4 is 4.90 Å². The number of benzene rings is 9. The summed E-state index contributed by atoms with van der Waals surface area (Å²) in [5, 5.41) is 10.3. The van der Waals surface area contributed by atoms with Crippen LogP contribution in [0.4, 0.5) is 5.69 Å². The third-order valence-electron chi connectivity index (χ3n) is 11.2. The molecule has 248 valence electrons. The smallest absolute Gasteiger partial charge is 0.0798 e. The van der Waals surface area contributed by atoms with Crippen LogP contribution in [0.1, 0.15) is 17.2 Å². The first kappa shape index (κ1) is 29.8. The zero-order valence-electron chi connectivity index (χ0n) is 29.0. The van der Waals surface area contributed by atoms with Gasteiger partial charge in [0.1, 0.15) is 0 Å². The molecule has 9 aromatic carbocycles. The molecular weight excluding hydrogens is 641 g/mol. The molecule has 0 saturated carbocycles. The molecule has 1 aromatic heterocycles. The van der Waals surface area contributed by atoms with Crippen molar-refractivity contribution in [3.8, 4) is 16.8 Å². The van der Waals surface area contributed by atoms with Crippen molar-refractivity contribution in [1.29, 1.82) is 0 Å². The Bertz CT molecular complexity index is 2990. The van der Waals surface area contributed by atoms with Crippen molar-refractivity contribution in [2.75, 3.05) is 4.90 Å². The average Bonchev–Trinajstić information content (AvgIpc) is 3.55. The fourth-order valence-electron chi connectivity index (χ4n) is 8.62. The number of aromatic nitrogens is 1. The molecule has 53 heavy (non-hydrogen) atoms. The number of anilines is 1. The number of nitrogens with zero attached hydrogens (tertiary/aromatic N) is 2. The van der Waals surface area contributed by atoms with Crippen molar-refractivity contribution in [2.24, 2.45) is 0 Å². The Morgan fingerprint density at radius 3 is 1.72 bits per heavy atom. The Balaban J connectivity index is 0.949. The van der Waals surface area contributed by atoms with Crippen LogP contribution in [0.25, 0.3) is 76.6 Å². The quantitative estimate of drug-likeness (QED) is 0.130. The van der Waals surface area contributed by atoms with Gasteiger partial charge >= 0.3 is 0 Å². The normalized spacial score (nSPS) is 14.3. The lowest BCUT2D eigenvalue weighted by atomic mass is 9.90. The minimum atomic E-state index is 0.140. The molecule has 1 aliphatic rings. The second kappa shape index (κ2) is 11.8. The van der Waals surface area contributed by atoms with Crippen molar-refractivity contribution in [1.82, 2.24) is 4.57 Å². The highest BCUT2D eigenvalue weighted by Crippen LogP contribution is 2.46. The van der Waals surface area contributed by atoms with Gasteiger partial charge in [0.2, 0.25) is 0 Å². The number of hydrogen-bond acceptors (Lipinski definition) is 1. The maximum absolute atomic E-state index is 2.47. The van der Waals surface area contributed by atoms with Crippen molar-refractivity contribution in [2.45, 2.75) is 6.04 Å². The predicted molar refractivity (Wildman–Crippen MR) is 225 cm³/mol. The molecule has 0 N–H and O–H groups in total. The molecule has 0 spiro atoms. The lowest BCUT2D eigenvalue weighted by Gasteiger charge is -2.42. The molecular formula is C51H34N2. The van der Waals surface area contributed by atoms with Crippen molar-refractivity contribution >= 4 is 65.5 Å². The van der Waals surface area contributed by atoms with E-state index in [1.165, 1.54) is 93.4 Å². The molecule has 0 radical (unpaired) electrons. The van der Waals surface area contributed by atoms with Gasteiger partial charge in [-0.05, 0) is 109 Å². The summed E-state index contributed by atoms with van der Waals surface area (Å²) in [4.78, 5) is 2.47. The molecule has 2 heterocycles. The number of fused-ring (bicyclic) bond motifs is 7. The highest BCUT2D eigenvalue weighted by atomic mass is 15.2. The van der Waals surface area contributed by atoms with Crippen LogP contribution in [0.2, 0.25) is 0 Å². The topological polar surface area (TPSA) is 8.17 Å². The summed E-state index contributed by atoms with van der Waals surface area (Å²) < 4.78 is 2.38. The van der Waals surface area contributed by atoms with E-state index in [1.807, 2.05) is 0 Å². The molecule has 1 unspecified atom stereocenters. The summed E-state index contributed by atoms with van der Waals surface area (Å²) in [6.07, 6.45) is 2.41. The first-order valence-electron chi connectivity index (χ1n) is 18.4. The van der Waals surface area contributed by atoms with E-state index in [0.29, 0.717) is 0 Å². The van der Waals surface area contributed by atoms with Gasteiger partial charge in [0, 0.05) is 27.8 Å². The highest BCUT2D eigenvalue weighted by Gasteiger charge is 2.32. The molecule has 2 nitrogen and oxygen atoms in total. The summed E-state index contributed by atoms with van der Waals surface area (Å²) in [6, 6.07) is 71.1. The summed E-state index contributed by atoms with van der Waals surface area (Å²) in [7, 11) is 0. The molecule has 0 fully saturated rings. The SMILES string of the molecule is C1=C(c2ccc(-c3cccc4c3ccc3cc5ccccc5cc34)cc2)N(c2ccccc2)C1c1ccc(-n2c3ccccc3c3ccccc32)cc1. The minimum Gasteiger partial charge on any atom is -0.330 e. The van der Waals surface area contributed by atoms with Crippen LogP contribution in [0.3, 0.4) is 0 Å². The minimum absolute atomic E-state index is 0.140. The van der Waals surface area contributed by atoms with Crippen LogP contribution in [0.5, 0.6) is 0 Å². The van der Waals surface area contributed by atoms with Gasteiger partial charge < -0.3 is 9.47 Å². The van der Waals surface area contributed by atoms with E-state index >= 15 is 0 Å². The largest absolute Gasteiger partial charge is 0.330 e. The third-order valence-corrected chi connectivity index (χ3v) is 11.2. The van der Waals surface area contributed by atoms with E-state index < -0.39 is 0 Å². The number of para-hydroxylation sites is 3. The van der Waals surface area contributed by atoms with E-state index in [2.05, 4.69) is 210 Å². The van der Waals surface area contributed by atoms with Gasteiger partial charge in [0.15, 0.2) is 0 Å². The van der Waals surface area contributed by atoms with Gasteiger partial charge in [-0.1, -0.05) is 146 Å². The summed E-state index contributed by atoms with van der Waals surface area (Å²) >= 11 is 0. The predicted octanol–water partition coefficient (Wildman–Crippen LogP) is 13.5. The van der Waals surface area contributed by atoms with Crippen LogP contribution in [0.15, 0.2) is 200 Å². The van der Waals surface area contributed by atoms with E-state index in [4.69, 9.17) is 0 Å². The lowest BCUT2D eigenvalue weighted by Crippen LogP contribution is -2.34. The number of hydrogen-bond donors (Lipinski definition) is 0. The molecule has 11 rings (SSSR count). The third kappa shape index (κ3) is 4.73. The van der Waals surface area contributed by atoms with E-state index in [-0.39, 0.29) is 6.04 Å². The Morgan fingerprint density at radius 2 is 0.981 bits per heavy atom. The molecule has 1 aliphatic heterocycles. The second-order valence-electron chi connectivity index (χ2n) is 14.1. The van der Waals surface area contributed by atoms with E-state index in [1.54, 1.807) is 0 Å². The van der Waals surface area contributed by atoms with E-state index in [9.17, 15) is 0 Å². The summed E-state index contributed by atoms with van der Waals surface area (Å²) in [5.41, 5.74) is 11.0. The second-order valence-corrected chi connectivity index (χ2v) is 14.1. The van der Waals surface area contributed by atoms with Gasteiger partial charge in [0.25, 0.3) is 0 Å². The number of rotatable bonds is 5. The van der Waals surface area contributed by atoms with Crippen molar-refractivity contribution in [3.63, 3.8) is 0 Å². The van der Waals surface area contributed by atoms with Gasteiger partial charge in [-0.15, -0.1) is 0 Å².